The number of nitrogens with zero attached hydrogens (tertiary/aromatic N) is 1. The van der Waals surface area contributed by atoms with Gasteiger partial charge in [0.05, 0.1) is 13.0 Å². The Morgan fingerprint density at radius 2 is 1.78 bits per heavy atom. The summed E-state index contributed by atoms with van der Waals surface area (Å²) in [6.45, 7) is 9.32. The number of thioether (sulfide) groups is 1. The maximum Gasteiger partial charge on any atom is 0.408 e. The number of aryl methyl sites for hydroxylation is 1. The molecular formula is C27H41N3O6S. The summed E-state index contributed by atoms with van der Waals surface area (Å²) in [5.41, 5.74) is 0.982. The summed E-state index contributed by atoms with van der Waals surface area (Å²) in [5.74, 6) is -0.461. The van der Waals surface area contributed by atoms with E-state index in [2.05, 4.69) is 10.6 Å². The molecule has 0 heterocycles. The highest BCUT2D eigenvalue weighted by atomic mass is 32.2. The van der Waals surface area contributed by atoms with E-state index in [0.717, 1.165) is 18.4 Å². The lowest BCUT2D eigenvalue weighted by Crippen LogP contribution is -2.54. The smallest absolute Gasteiger partial charge is 0.408 e. The lowest BCUT2D eigenvalue weighted by molar-refractivity contribution is -0.144. The minimum absolute atomic E-state index is 0.0358. The number of nitrogens with one attached hydrogen (secondary N) is 2. The Hall–Kier alpha value is -2.75. The highest BCUT2D eigenvalue weighted by Gasteiger charge is 2.44. The summed E-state index contributed by atoms with van der Waals surface area (Å²) in [6.07, 6.45) is 3.23. The van der Waals surface area contributed by atoms with Gasteiger partial charge in [0, 0.05) is 12.6 Å². The molecule has 206 valence electrons. The minimum Gasteiger partial charge on any atom is -0.466 e. The molecule has 0 spiro atoms. The fraction of sp³-hybridized carbons (Fsp3) is 0.630. The number of alkyl carbamates (subject to hydrolysis) is 1. The molecular weight excluding hydrogens is 494 g/mol. The minimum atomic E-state index is -0.903. The molecule has 1 aromatic rings. The zero-order valence-corrected chi connectivity index (χ0v) is 23.6. The zero-order chi connectivity index (χ0) is 27.6. The van der Waals surface area contributed by atoms with Gasteiger partial charge in [-0.15, -0.1) is 0 Å². The van der Waals surface area contributed by atoms with Crippen molar-refractivity contribution in [3.8, 4) is 0 Å². The van der Waals surface area contributed by atoms with Crippen LogP contribution in [0, 0.1) is 6.92 Å². The van der Waals surface area contributed by atoms with E-state index in [1.807, 2.05) is 37.4 Å². The molecule has 1 fully saturated rings. The van der Waals surface area contributed by atoms with E-state index < -0.39 is 29.7 Å². The van der Waals surface area contributed by atoms with Crippen molar-refractivity contribution < 1.29 is 28.7 Å². The first-order chi connectivity index (χ1) is 17.5. The SMILES string of the molecule is CCOC(=O)CCNC(=O)C(c1ccc(C)cc1)N(C(=O)C(CCSC)NC(=O)OC(C)(C)C)C1CC1. The van der Waals surface area contributed by atoms with Crippen molar-refractivity contribution in [2.24, 2.45) is 0 Å². The standard InChI is InChI=1S/C27H41N3O6S/c1-7-35-22(31)14-16-28-24(32)23(19-10-8-18(2)9-11-19)30(20-12-13-20)25(33)21(15-17-37-6)29-26(34)36-27(3,4)5/h8-11,20-21,23H,7,12-17H2,1-6H3,(H,28,32)(H,29,34). The molecule has 2 rings (SSSR count). The van der Waals surface area contributed by atoms with Gasteiger partial charge in [-0.05, 0) is 71.5 Å². The maximum atomic E-state index is 14.0. The predicted octanol–water partition coefficient (Wildman–Crippen LogP) is 3.74. The Labute approximate surface area is 224 Å². The number of amides is 3. The third kappa shape index (κ3) is 10.3. The maximum absolute atomic E-state index is 14.0. The molecule has 1 aliphatic carbocycles. The van der Waals surface area contributed by atoms with E-state index in [1.54, 1.807) is 44.4 Å². The quantitative estimate of drug-likeness (QED) is 0.370. The Kier molecular flexibility index (Phi) is 11.7. The summed E-state index contributed by atoms with van der Waals surface area (Å²) in [6, 6.07) is 5.61. The highest BCUT2D eigenvalue weighted by molar-refractivity contribution is 7.98. The van der Waals surface area contributed by atoms with Crippen molar-refractivity contribution in [1.29, 1.82) is 0 Å². The zero-order valence-electron chi connectivity index (χ0n) is 22.8. The molecule has 3 amide bonds. The van der Waals surface area contributed by atoms with Gasteiger partial charge in [-0.1, -0.05) is 29.8 Å². The molecule has 2 atom stereocenters. The van der Waals surface area contributed by atoms with Crippen LogP contribution in [0.15, 0.2) is 24.3 Å². The van der Waals surface area contributed by atoms with Gasteiger partial charge in [0.25, 0.3) is 0 Å². The number of hydrogen-bond donors (Lipinski definition) is 2. The van der Waals surface area contributed by atoms with E-state index in [9.17, 15) is 19.2 Å². The molecule has 9 nitrogen and oxygen atoms in total. The van der Waals surface area contributed by atoms with Gasteiger partial charge < -0.3 is 25.0 Å². The Bertz CT molecular complexity index is 927. The van der Waals surface area contributed by atoms with Crippen LogP contribution in [0.1, 0.15) is 70.5 Å². The van der Waals surface area contributed by atoms with Crippen molar-refractivity contribution in [1.82, 2.24) is 15.5 Å². The molecule has 10 heteroatoms. The normalized spacial score (nSPS) is 14.8. The average molecular weight is 536 g/mol. The summed E-state index contributed by atoms with van der Waals surface area (Å²) < 4.78 is 10.4. The van der Waals surface area contributed by atoms with Crippen LogP contribution in [0.5, 0.6) is 0 Å². The van der Waals surface area contributed by atoms with E-state index in [0.29, 0.717) is 17.7 Å². The molecule has 37 heavy (non-hydrogen) atoms. The fourth-order valence-corrected chi connectivity index (χ4v) is 4.27. The topological polar surface area (TPSA) is 114 Å². The van der Waals surface area contributed by atoms with Crippen LogP contribution in [0.4, 0.5) is 4.79 Å². The first-order valence-corrected chi connectivity index (χ1v) is 14.2. The summed E-state index contributed by atoms with van der Waals surface area (Å²) in [7, 11) is 0. The van der Waals surface area contributed by atoms with E-state index >= 15 is 0 Å². The Morgan fingerprint density at radius 3 is 2.32 bits per heavy atom. The second-order valence-corrected chi connectivity index (χ2v) is 11.1. The number of hydrogen-bond acceptors (Lipinski definition) is 7. The lowest BCUT2D eigenvalue weighted by atomic mass is 10.0. The van der Waals surface area contributed by atoms with Crippen LogP contribution in [-0.4, -0.2) is 71.6 Å². The van der Waals surface area contributed by atoms with Crippen LogP contribution in [-0.2, 0) is 23.9 Å². The third-order valence-electron chi connectivity index (χ3n) is 5.65. The van der Waals surface area contributed by atoms with Crippen molar-refractivity contribution in [3.05, 3.63) is 35.4 Å². The Balaban J connectivity index is 2.34. The number of rotatable bonds is 13. The van der Waals surface area contributed by atoms with Crippen molar-refractivity contribution in [2.45, 2.75) is 84.0 Å². The van der Waals surface area contributed by atoms with E-state index in [-0.39, 0.29) is 37.4 Å². The second kappa shape index (κ2) is 14.3. The van der Waals surface area contributed by atoms with Crippen molar-refractivity contribution in [3.63, 3.8) is 0 Å². The van der Waals surface area contributed by atoms with Crippen molar-refractivity contribution >= 4 is 35.6 Å². The average Bonchev–Trinajstić information content (AvgIpc) is 3.64. The number of benzene rings is 1. The Morgan fingerprint density at radius 1 is 1.14 bits per heavy atom. The fourth-order valence-electron chi connectivity index (χ4n) is 3.80. The number of carbonyl (C=O) groups excluding carboxylic acids is 4. The van der Waals surface area contributed by atoms with Gasteiger partial charge in [-0.25, -0.2) is 4.79 Å². The lowest BCUT2D eigenvalue weighted by Gasteiger charge is -2.34. The first kappa shape index (κ1) is 30.5. The molecule has 0 bridgehead atoms. The third-order valence-corrected chi connectivity index (χ3v) is 6.29. The van der Waals surface area contributed by atoms with Crippen LogP contribution in [0.3, 0.4) is 0 Å². The first-order valence-electron chi connectivity index (χ1n) is 12.8. The van der Waals surface area contributed by atoms with E-state index in [1.165, 1.54) is 0 Å². The molecule has 2 unspecified atom stereocenters. The molecule has 2 N–H and O–H groups in total. The van der Waals surface area contributed by atoms with E-state index in [4.69, 9.17) is 9.47 Å². The van der Waals surface area contributed by atoms with Gasteiger partial charge in [0.2, 0.25) is 11.8 Å². The number of ether oxygens (including phenoxy) is 2. The summed E-state index contributed by atoms with van der Waals surface area (Å²) in [5, 5.41) is 5.55. The van der Waals surface area contributed by atoms with Gasteiger partial charge >= 0.3 is 12.1 Å². The second-order valence-electron chi connectivity index (χ2n) is 10.1. The van der Waals surface area contributed by atoms with Crippen LogP contribution in [0.2, 0.25) is 0 Å². The summed E-state index contributed by atoms with van der Waals surface area (Å²) >= 11 is 1.57. The van der Waals surface area contributed by atoms with Gasteiger partial charge in [-0.2, -0.15) is 11.8 Å². The molecule has 0 aromatic heterocycles. The molecule has 1 aliphatic rings. The predicted molar refractivity (Wildman–Crippen MR) is 144 cm³/mol. The monoisotopic (exact) mass is 535 g/mol. The molecule has 1 aromatic carbocycles. The number of esters is 1. The summed E-state index contributed by atoms with van der Waals surface area (Å²) in [4.78, 5) is 53.4. The highest BCUT2D eigenvalue weighted by Crippen LogP contribution is 2.36. The van der Waals surface area contributed by atoms with Gasteiger partial charge in [0.1, 0.15) is 17.7 Å². The largest absolute Gasteiger partial charge is 0.466 e. The van der Waals surface area contributed by atoms with Crippen LogP contribution >= 0.6 is 11.8 Å². The van der Waals surface area contributed by atoms with Gasteiger partial charge in [-0.3, -0.25) is 14.4 Å². The van der Waals surface area contributed by atoms with Crippen LogP contribution in [0.25, 0.3) is 0 Å². The molecule has 0 saturated heterocycles. The number of carbonyl (C=O) groups is 4. The molecule has 0 aliphatic heterocycles. The van der Waals surface area contributed by atoms with Crippen LogP contribution < -0.4 is 10.6 Å². The van der Waals surface area contributed by atoms with Crippen molar-refractivity contribution in [2.75, 3.05) is 25.2 Å². The molecule has 0 radical (unpaired) electrons. The van der Waals surface area contributed by atoms with Gasteiger partial charge in [0.15, 0.2) is 0 Å². The molecule has 1 saturated carbocycles.